The van der Waals surface area contributed by atoms with Gasteiger partial charge >= 0.3 is 0 Å². The van der Waals surface area contributed by atoms with Gasteiger partial charge in [0.2, 0.25) is 10.0 Å². The Balaban J connectivity index is 0.00000220. The Morgan fingerprint density at radius 1 is 1.29 bits per heavy atom. The first kappa shape index (κ1) is 18.4. The lowest BCUT2D eigenvalue weighted by molar-refractivity contribution is 0.296. The van der Waals surface area contributed by atoms with Gasteiger partial charge in [0.25, 0.3) is 0 Å². The largest absolute Gasteiger partial charge is 0.330 e. The van der Waals surface area contributed by atoms with E-state index in [2.05, 4.69) is 4.72 Å². The van der Waals surface area contributed by atoms with Crippen LogP contribution in [0, 0.1) is 18.7 Å². The standard InChI is InChI=1S/C14H21FN2O2S.ClH/c1-10-6-12(15)8-13(7-10)20(18,19)17-14-5-3-2-4-11(14)9-16;/h6-8,11,14,17H,2-5,9,16H2,1H3;1H. The van der Waals surface area contributed by atoms with E-state index in [4.69, 9.17) is 5.73 Å². The van der Waals surface area contributed by atoms with E-state index in [0.717, 1.165) is 31.7 Å². The zero-order valence-corrected chi connectivity index (χ0v) is 13.6. The highest BCUT2D eigenvalue weighted by Crippen LogP contribution is 2.25. The van der Waals surface area contributed by atoms with Crippen molar-refractivity contribution in [3.8, 4) is 0 Å². The van der Waals surface area contributed by atoms with Crippen LogP contribution in [-0.4, -0.2) is 21.0 Å². The van der Waals surface area contributed by atoms with Gasteiger partial charge in [-0.15, -0.1) is 12.4 Å². The SMILES string of the molecule is Cc1cc(F)cc(S(=O)(=O)NC2CCCCC2CN)c1.Cl. The Morgan fingerprint density at radius 2 is 1.95 bits per heavy atom. The summed E-state index contributed by atoms with van der Waals surface area (Å²) in [5.74, 6) is -0.377. The predicted octanol–water partition coefficient (Wildman–Crippen LogP) is 2.35. The van der Waals surface area contributed by atoms with Crippen LogP contribution in [0.5, 0.6) is 0 Å². The lowest BCUT2D eigenvalue weighted by Crippen LogP contribution is -2.44. The average Bonchev–Trinajstić information content (AvgIpc) is 2.38. The first-order valence-electron chi connectivity index (χ1n) is 6.92. The summed E-state index contributed by atoms with van der Waals surface area (Å²) >= 11 is 0. The molecular formula is C14H22ClFN2O2S. The third-order valence-corrected chi connectivity index (χ3v) is 5.31. The van der Waals surface area contributed by atoms with Crippen LogP contribution in [0.15, 0.2) is 23.1 Å². The zero-order chi connectivity index (χ0) is 14.8. The normalized spacial score (nSPS) is 22.6. The molecule has 2 rings (SSSR count). The quantitative estimate of drug-likeness (QED) is 0.886. The van der Waals surface area contributed by atoms with Gasteiger partial charge in [0, 0.05) is 6.04 Å². The molecule has 1 saturated carbocycles. The molecule has 1 fully saturated rings. The van der Waals surface area contributed by atoms with Crippen molar-refractivity contribution in [1.82, 2.24) is 4.72 Å². The third-order valence-electron chi connectivity index (χ3n) is 3.84. The Labute approximate surface area is 131 Å². The van der Waals surface area contributed by atoms with Crippen LogP contribution < -0.4 is 10.5 Å². The van der Waals surface area contributed by atoms with Crippen molar-refractivity contribution < 1.29 is 12.8 Å². The molecule has 7 heteroatoms. The Morgan fingerprint density at radius 3 is 2.57 bits per heavy atom. The summed E-state index contributed by atoms with van der Waals surface area (Å²) in [4.78, 5) is -0.0173. The molecule has 2 atom stereocenters. The van der Waals surface area contributed by atoms with Crippen molar-refractivity contribution in [2.75, 3.05) is 6.54 Å². The molecule has 0 aromatic heterocycles. The van der Waals surface area contributed by atoms with E-state index < -0.39 is 15.8 Å². The Kier molecular flexibility index (Phi) is 6.59. The minimum atomic E-state index is -3.69. The minimum absolute atomic E-state index is 0. The fraction of sp³-hybridized carbons (Fsp3) is 0.571. The maximum atomic E-state index is 13.4. The number of hydrogen-bond donors (Lipinski definition) is 2. The maximum Gasteiger partial charge on any atom is 0.240 e. The second-order valence-electron chi connectivity index (χ2n) is 5.47. The molecule has 1 aromatic carbocycles. The van der Waals surface area contributed by atoms with Crippen molar-refractivity contribution in [3.05, 3.63) is 29.6 Å². The van der Waals surface area contributed by atoms with Crippen LogP contribution in [0.2, 0.25) is 0 Å². The van der Waals surface area contributed by atoms with E-state index in [9.17, 15) is 12.8 Å². The van der Waals surface area contributed by atoms with E-state index in [1.165, 1.54) is 12.1 Å². The van der Waals surface area contributed by atoms with Gasteiger partial charge in [-0.1, -0.05) is 12.8 Å². The van der Waals surface area contributed by atoms with E-state index in [1.54, 1.807) is 6.92 Å². The van der Waals surface area contributed by atoms with Crippen molar-refractivity contribution in [1.29, 1.82) is 0 Å². The number of nitrogens with one attached hydrogen (secondary N) is 1. The summed E-state index contributed by atoms with van der Waals surface area (Å²) in [6.07, 6.45) is 3.80. The molecule has 0 amide bonds. The predicted molar refractivity (Wildman–Crippen MR) is 83.5 cm³/mol. The molecule has 4 nitrogen and oxygen atoms in total. The van der Waals surface area contributed by atoms with Crippen LogP contribution in [0.25, 0.3) is 0 Å². The molecule has 3 N–H and O–H groups in total. The molecule has 0 radical (unpaired) electrons. The van der Waals surface area contributed by atoms with Gasteiger partial charge < -0.3 is 5.73 Å². The first-order valence-corrected chi connectivity index (χ1v) is 8.40. The van der Waals surface area contributed by atoms with Crippen molar-refractivity contribution in [2.24, 2.45) is 11.7 Å². The van der Waals surface area contributed by atoms with Gasteiger partial charge in [0.05, 0.1) is 4.90 Å². The van der Waals surface area contributed by atoms with Gasteiger partial charge in [0.1, 0.15) is 5.82 Å². The molecule has 2 unspecified atom stereocenters. The maximum absolute atomic E-state index is 13.4. The average molecular weight is 337 g/mol. The Hall–Kier alpha value is -0.690. The van der Waals surface area contributed by atoms with E-state index in [-0.39, 0.29) is 29.3 Å². The van der Waals surface area contributed by atoms with Gasteiger partial charge in [-0.2, -0.15) is 0 Å². The van der Waals surface area contributed by atoms with E-state index >= 15 is 0 Å². The van der Waals surface area contributed by atoms with Gasteiger partial charge in [-0.05, 0) is 56.0 Å². The second kappa shape index (κ2) is 7.54. The highest BCUT2D eigenvalue weighted by atomic mass is 35.5. The topological polar surface area (TPSA) is 72.2 Å². The summed E-state index contributed by atoms with van der Waals surface area (Å²) in [6.45, 7) is 2.14. The number of hydrogen-bond acceptors (Lipinski definition) is 3. The van der Waals surface area contributed by atoms with Crippen molar-refractivity contribution >= 4 is 22.4 Å². The lowest BCUT2D eigenvalue weighted by atomic mass is 9.85. The summed E-state index contributed by atoms with van der Waals surface area (Å²) in [7, 11) is -3.69. The molecule has 0 aliphatic heterocycles. The van der Waals surface area contributed by atoms with Crippen LogP contribution in [0.1, 0.15) is 31.2 Å². The Bertz CT molecular complexity index is 560. The number of benzene rings is 1. The second-order valence-corrected chi connectivity index (χ2v) is 7.19. The summed E-state index contributed by atoms with van der Waals surface area (Å²) in [6, 6.07) is 3.69. The molecule has 0 bridgehead atoms. The van der Waals surface area contributed by atoms with Crippen LogP contribution in [0.4, 0.5) is 4.39 Å². The molecule has 120 valence electrons. The molecule has 1 aliphatic rings. The molecule has 1 aromatic rings. The van der Waals surface area contributed by atoms with Crippen LogP contribution in [0.3, 0.4) is 0 Å². The number of halogens is 2. The zero-order valence-electron chi connectivity index (χ0n) is 12.0. The molecule has 0 saturated heterocycles. The van der Waals surface area contributed by atoms with Gasteiger partial charge in [0.15, 0.2) is 0 Å². The number of nitrogens with two attached hydrogens (primary N) is 1. The first-order chi connectivity index (χ1) is 9.42. The smallest absolute Gasteiger partial charge is 0.240 e. The van der Waals surface area contributed by atoms with E-state index in [1.807, 2.05) is 0 Å². The van der Waals surface area contributed by atoms with Crippen molar-refractivity contribution in [3.63, 3.8) is 0 Å². The fourth-order valence-corrected chi connectivity index (χ4v) is 4.22. The molecule has 21 heavy (non-hydrogen) atoms. The monoisotopic (exact) mass is 336 g/mol. The molecule has 1 aliphatic carbocycles. The minimum Gasteiger partial charge on any atom is -0.330 e. The van der Waals surface area contributed by atoms with Crippen LogP contribution >= 0.6 is 12.4 Å². The molecular weight excluding hydrogens is 315 g/mol. The number of sulfonamides is 1. The molecule has 0 spiro atoms. The van der Waals surface area contributed by atoms with Gasteiger partial charge in [-0.3, -0.25) is 0 Å². The van der Waals surface area contributed by atoms with Gasteiger partial charge in [-0.25, -0.2) is 17.5 Å². The highest BCUT2D eigenvalue weighted by Gasteiger charge is 2.28. The van der Waals surface area contributed by atoms with E-state index in [0.29, 0.717) is 12.1 Å². The fourth-order valence-electron chi connectivity index (χ4n) is 2.77. The summed E-state index contributed by atoms with van der Waals surface area (Å²) in [5.41, 5.74) is 6.29. The number of rotatable bonds is 4. The summed E-state index contributed by atoms with van der Waals surface area (Å²) in [5, 5.41) is 0. The highest BCUT2D eigenvalue weighted by molar-refractivity contribution is 7.89. The summed E-state index contributed by atoms with van der Waals surface area (Å²) < 4.78 is 40.8. The number of aryl methyl sites for hydroxylation is 1. The van der Waals surface area contributed by atoms with Crippen LogP contribution in [-0.2, 0) is 10.0 Å². The molecule has 0 heterocycles. The third kappa shape index (κ3) is 4.64. The lowest BCUT2D eigenvalue weighted by Gasteiger charge is -2.31. The van der Waals surface area contributed by atoms with Crippen molar-refractivity contribution in [2.45, 2.75) is 43.5 Å².